The summed E-state index contributed by atoms with van der Waals surface area (Å²) >= 11 is 5.64. The fourth-order valence-corrected chi connectivity index (χ4v) is 0.812. The molecule has 0 saturated heterocycles. The molecule has 1 aromatic heterocycles. The number of pyridine rings is 1. The predicted octanol–water partition coefficient (Wildman–Crippen LogP) is 2.02. The molecule has 0 aromatic carbocycles. The van der Waals surface area contributed by atoms with Gasteiger partial charge in [0.15, 0.2) is 0 Å². The number of terminal acetylenes is 1. The smallest absolute Gasteiger partial charge is 0.0601 e. The van der Waals surface area contributed by atoms with Crippen molar-refractivity contribution in [2.24, 2.45) is 0 Å². The zero-order chi connectivity index (χ0) is 7.56. The summed E-state index contributed by atoms with van der Waals surface area (Å²) in [5.41, 5.74) is 1.60. The normalized spacial score (nSPS) is 8.90. The maximum absolute atomic E-state index is 5.64. The molecule has 0 N–H and O–H groups in total. The van der Waals surface area contributed by atoms with Gasteiger partial charge in [0.2, 0.25) is 0 Å². The van der Waals surface area contributed by atoms with Crippen LogP contribution in [0.5, 0.6) is 0 Å². The van der Waals surface area contributed by atoms with E-state index in [9.17, 15) is 0 Å². The minimum Gasteiger partial charge on any atom is -0.259 e. The summed E-state index contributed by atoms with van der Waals surface area (Å²) in [5, 5.41) is 0.582. The Hall–Kier alpha value is -1.00. The highest BCUT2D eigenvalue weighted by molar-refractivity contribution is 6.30. The van der Waals surface area contributed by atoms with Crippen molar-refractivity contribution in [3.05, 3.63) is 28.5 Å². The molecule has 50 valence electrons. The molecule has 1 heterocycles. The molecular formula is C8H6ClN. The third kappa shape index (κ3) is 1.29. The standard InChI is InChI=1S/C8H6ClN/c1-3-7-4-8(9)5-10-6(7)2/h1,4-5H,2H3. The van der Waals surface area contributed by atoms with Gasteiger partial charge in [-0.25, -0.2) is 0 Å². The van der Waals surface area contributed by atoms with Gasteiger partial charge in [0, 0.05) is 11.8 Å². The third-order valence-electron chi connectivity index (χ3n) is 1.21. The van der Waals surface area contributed by atoms with Gasteiger partial charge in [0.05, 0.1) is 10.7 Å². The summed E-state index contributed by atoms with van der Waals surface area (Å²) in [4.78, 5) is 3.98. The Morgan fingerprint density at radius 3 is 2.90 bits per heavy atom. The molecule has 0 unspecified atom stereocenters. The molecule has 10 heavy (non-hydrogen) atoms. The molecule has 0 bridgehead atoms. The van der Waals surface area contributed by atoms with Crippen molar-refractivity contribution >= 4 is 11.6 Å². The van der Waals surface area contributed by atoms with Gasteiger partial charge in [-0.15, -0.1) is 6.42 Å². The number of aryl methyl sites for hydroxylation is 1. The van der Waals surface area contributed by atoms with Crippen LogP contribution in [0, 0.1) is 19.3 Å². The van der Waals surface area contributed by atoms with Crippen LogP contribution < -0.4 is 0 Å². The van der Waals surface area contributed by atoms with Gasteiger partial charge >= 0.3 is 0 Å². The highest BCUT2D eigenvalue weighted by atomic mass is 35.5. The first-order valence-corrected chi connectivity index (χ1v) is 3.20. The summed E-state index contributed by atoms with van der Waals surface area (Å²) in [5.74, 6) is 2.49. The van der Waals surface area contributed by atoms with Gasteiger partial charge in [-0.2, -0.15) is 0 Å². The van der Waals surface area contributed by atoms with Crippen LogP contribution in [0.2, 0.25) is 5.02 Å². The van der Waals surface area contributed by atoms with E-state index in [-0.39, 0.29) is 0 Å². The zero-order valence-electron chi connectivity index (χ0n) is 5.56. The summed E-state index contributed by atoms with van der Waals surface area (Å²) < 4.78 is 0. The van der Waals surface area contributed by atoms with E-state index in [2.05, 4.69) is 10.9 Å². The molecule has 1 rings (SSSR count). The molecular weight excluding hydrogens is 146 g/mol. The predicted molar refractivity (Wildman–Crippen MR) is 41.9 cm³/mol. The van der Waals surface area contributed by atoms with Crippen molar-refractivity contribution in [2.45, 2.75) is 6.92 Å². The van der Waals surface area contributed by atoms with Crippen LogP contribution in [0.4, 0.5) is 0 Å². The molecule has 2 heteroatoms. The van der Waals surface area contributed by atoms with E-state index < -0.39 is 0 Å². The van der Waals surface area contributed by atoms with Gasteiger partial charge in [-0.1, -0.05) is 17.5 Å². The lowest BCUT2D eigenvalue weighted by Crippen LogP contribution is -1.85. The first kappa shape index (κ1) is 7.11. The van der Waals surface area contributed by atoms with Crippen molar-refractivity contribution < 1.29 is 0 Å². The largest absolute Gasteiger partial charge is 0.259 e. The lowest BCUT2D eigenvalue weighted by atomic mass is 10.2. The molecule has 0 spiro atoms. The van der Waals surface area contributed by atoms with Gasteiger partial charge in [0.25, 0.3) is 0 Å². The Kier molecular flexibility index (Phi) is 1.94. The van der Waals surface area contributed by atoms with Crippen molar-refractivity contribution in [2.75, 3.05) is 0 Å². The van der Waals surface area contributed by atoms with E-state index in [1.807, 2.05) is 6.92 Å². The van der Waals surface area contributed by atoms with Crippen LogP contribution in [-0.4, -0.2) is 4.98 Å². The molecule has 0 aliphatic heterocycles. The Balaban J connectivity index is 3.25. The SMILES string of the molecule is C#Cc1cc(Cl)cnc1C. The second-order valence-corrected chi connectivity index (χ2v) is 2.37. The first-order valence-electron chi connectivity index (χ1n) is 2.83. The van der Waals surface area contributed by atoms with Crippen molar-refractivity contribution in [3.63, 3.8) is 0 Å². The summed E-state index contributed by atoms with van der Waals surface area (Å²) in [7, 11) is 0. The monoisotopic (exact) mass is 151 g/mol. The van der Waals surface area contributed by atoms with E-state index >= 15 is 0 Å². The quantitative estimate of drug-likeness (QED) is 0.517. The van der Waals surface area contributed by atoms with Crippen LogP contribution >= 0.6 is 11.6 Å². The number of hydrogen-bond acceptors (Lipinski definition) is 1. The number of nitrogens with zero attached hydrogens (tertiary/aromatic N) is 1. The van der Waals surface area contributed by atoms with Crippen LogP contribution in [0.3, 0.4) is 0 Å². The molecule has 0 aliphatic carbocycles. The summed E-state index contributed by atoms with van der Waals surface area (Å²) in [6.07, 6.45) is 6.75. The third-order valence-corrected chi connectivity index (χ3v) is 1.42. The highest BCUT2D eigenvalue weighted by Gasteiger charge is 1.95. The second-order valence-electron chi connectivity index (χ2n) is 1.93. The van der Waals surface area contributed by atoms with Crippen molar-refractivity contribution in [1.82, 2.24) is 4.98 Å². The van der Waals surface area contributed by atoms with Gasteiger partial charge in [0.1, 0.15) is 0 Å². The highest BCUT2D eigenvalue weighted by Crippen LogP contribution is 2.10. The van der Waals surface area contributed by atoms with Crippen LogP contribution in [0.25, 0.3) is 0 Å². The molecule has 0 amide bonds. The average Bonchev–Trinajstić information content (AvgIpc) is 1.94. The summed E-state index contributed by atoms with van der Waals surface area (Å²) in [6.45, 7) is 1.85. The molecule has 0 atom stereocenters. The fourth-order valence-electron chi connectivity index (χ4n) is 0.654. The Labute approximate surface area is 65.0 Å². The Morgan fingerprint density at radius 1 is 1.70 bits per heavy atom. The van der Waals surface area contributed by atoms with Gasteiger partial charge in [-0.3, -0.25) is 4.98 Å². The van der Waals surface area contributed by atoms with Crippen LogP contribution in [0.1, 0.15) is 11.3 Å². The van der Waals surface area contributed by atoms with Crippen molar-refractivity contribution in [1.29, 1.82) is 0 Å². The van der Waals surface area contributed by atoms with E-state index in [0.717, 1.165) is 11.3 Å². The zero-order valence-corrected chi connectivity index (χ0v) is 6.31. The van der Waals surface area contributed by atoms with E-state index in [1.165, 1.54) is 0 Å². The molecule has 0 saturated carbocycles. The molecule has 0 aliphatic rings. The number of aromatic nitrogens is 1. The first-order chi connectivity index (χ1) is 4.74. The average molecular weight is 152 g/mol. The second kappa shape index (κ2) is 2.72. The van der Waals surface area contributed by atoms with E-state index in [4.69, 9.17) is 18.0 Å². The van der Waals surface area contributed by atoms with Crippen molar-refractivity contribution in [3.8, 4) is 12.3 Å². The Bertz CT molecular complexity index is 286. The number of rotatable bonds is 0. The molecule has 1 aromatic rings. The molecule has 0 radical (unpaired) electrons. The maximum atomic E-state index is 5.64. The molecule has 0 fully saturated rings. The van der Waals surface area contributed by atoms with Gasteiger partial charge < -0.3 is 0 Å². The topological polar surface area (TPSA) is 12.9 Å². The molecule has 1 nitrogen and oxygen atoms in total. The van der Waals surface area contributed by atoms with Crippen LogP contribution in [-0.2, 0) is 0 Å². The van der Waals surface area contributed by atoms with Gasteiger partial charge in [-0.05, 0) is 13.0 Å². The lowest BCUT2D eigenvalue weighted by molar-refractivity contribution is 1.19. The van der Waals surface area contributed by atoms with E-state index in [0.29, 0.717) is 5.02 Å². The van der Waals surface area contributed by atoms with E-state index in [1.54, 1.807) is 12.3 Å². The number of hydrogen-bond donors (Lipinski definition) is 0. The minimum atomic E-state index is 0.582. The number of halogens is 1. The fraction of sp³-hybridized carbons (Fsp3) is 0.125. The maximum Gasteiger partial charge on any atom is 0.0601 e. The minimum absolute atomic E-state index is 0.582. The Morgan fingerprint density at radius 2 is 2.40 bits per heavy atom. The lowest BCUT2D eigenvalue weighted by Gasteiger charge is -1.95. The summed E-state index contributed by atoms with van der Waals surface area (Å²) in [6, 6.07) is 1.73. The van der Waals surface area contributed by atoms with Crippen LogP contribution in [0.15, 0.2) is 12.3 Å².